The Morgan fingerprint density at radius 1 is 1.35 bits per heavy atom. The summed E-state index contributed by atoms with van der Waals surface area (Å²) in [6.07, 6.45) is -0.118. The van der Waals surface area contributed by atoms with E-state index in [1.807, 2.05) is 38.1 Å². The number of esters is 1. The lowest BCUT2D eigenvalue weighted by Crippen LogP contribution is -2.39. The second kappa shape index (κ2) is 7.90. The molecular weight excluding hydrogens is 296 g/mol. The molecule has 23 heavy (non-hydrogen) atoms. The van der Waals surface area contributed by atoms with Crippen LogP contribution in [0.2, 0.25) is 0 Å². The van der Waals surface area contributed by atoms with E-state index in [-0.39, 0.29) is 5.97 Å². The van der Waals surface area contributed by atoms with Crippen LogP contribution >= 0.6 is 0 Å². The van der Waals surface area contributed by atoms with Crippen molar-refractivity contribution in [1.29, 1.82) is 0 Å². The molecule has 2 unspecified atom stereocenters. The van der Waals surface area contributed by atoms with E-state index in [1.54, 1.807) is 6.92 Å². The SMILES string of the molecule is CCOC(=O)C(C)(CC1OCCO1)c1ccccc1C(O)CC. The van der Waals surface area contributed by atoms with E-state index in [1.165, 1.54) is 0 Å². The van der Waals surface area contributed by atoms with Crippen LogP contribution in [-0.2, 0) is 24.4 Å². The van der Waals surface area contributed by atoms with Crippen LogP contribution in [0, 0.1) is 0 Å². The first-order valence-electron chi connectivity index (χ1n) is 8.20. The molecule has 0 aromatic heterocycles. The van der Waals surface area contributed by atoms with Crippen LogP contribution in [-0.4, -0.2) is 37.2 Å². The Balaban J connectivity index is 2.42. The van der Waals surface area contributed by atoms with Gasteiger partial charge in [-0.1, -0.05) is 31.2 Å². The highest BCUT2D eigenvalue weighted by molar-refractivity contribution is 5.83. The minimum absolute atomic E-state index is 0.305. The van der Waals surface area contributed by atoms with Crippen molar-refractivity contribution in [3.63, 3.8) is 0 Å². The molecule has 1 fully saturated rings. The molecule has 0 spiro atoms. The van der Waals surface area contributed by atoms with E-state index < -0.39 is 17.8 Å². The third-order valence-electron chi connectivity index (χ3n) is 4.29. The Morgan fingerprint density at radius 3 is 2.61 bits per heavy atom. The van der Waals surface area contributed by atoms with Gasteiger partial charge in [-0.05, 0) is 31.4 Å². The van der Waals surface area contributed by atoms with Gasteiger partial charge in [0.05, 0.1) is 31.3 Å². The predicted molar refractivity (Wildman–Crippen MR) is 86.0 cm³/mol. The molecule has 5 nitrogen and oxygen atoms in total. The number of rotatable bonds is 7. The summed E-state index contributed by atoms with van der Waals surface area (Å²) in [5.41, 5.74) is 0.591. The first-order chi connectivity index (χ1) is 11.0. The standard InChI is InChI=1S/C18H26O5/c1-4-15(19)13-8-6-7-9-14(13)18(3,17(20)21-5-2)12-16-22-10-11-23-16/h6-9,15-16,19H,4-5,10-12H2,1-3H3. The average molecular weight is 322 g/mol. The number of carbonyl (C=O) groups excluding carboxylic acids is 1. The molecule has 1 N–H and O–H groups in total. The first kappa shape index (κ1) is 17.9. The fourth-order valence-electron chi connectivity index (χ4n) is 2.96. The molecule has 5 heteroatoms. The van der Waals surface area contributed by atoms with Gasteiger partial charge >= 0.3 is 5.97 Å². The largest absolute Gasteiger partial charge is 0.465 e. The number of aliphatic hydroxyl groups excluding tert-OH is 1. The molecule has 1 aromatic carbocycles. The topological polar surface area (TPSA) is 65.0 Å². The van der Waals surface area contributed by atoms with Gasteiger partial charge in [0.2, 0.25) is 0 Å². The van der Waals surface area contributed by atoms with Gasteiger partial charge in [-0.25, -0.2) is 0 Å². The molecule has 1 aliphatic heterocycles. The smallest absolute Gasteiger partial charge is 0.316 e. The molecule has 0 bridgehead atoms. The van der Waals surface area contributed by atoms with Crippen LogP contribution in [0.1, 0.15) is 50.8 Å². The summed E-state index contributed by atoms with van der Waals surface area (Å²) in [6.45, 7) is 6.89. The van der Waals surface area contributed by atoms with Crippen molar-refractivity contribution in [2.75, 3.05) is 19.8 Å². The molecule has 128 valence electrons. The third kappa shape index (κ3) is 3.91. The fraction of sp³-hybridized carbons (Fsp3) is 0.611. The van der Waals surface area contributed by atoms with Crippen LogP contribution in [0.5, 0.6) is 0 Å². The van der Waals surface area contributed by atoms with E-state index in [0.717, 1.165) is 11.1 Å². The molecule has 1 heterocycles. The highest BCUT2D eigenvalue weighted by Crippen LogP contribution is 2.37. The zero-order valence-electron chi connectivity index (χ0n) is 14.1. The van der Waals surface area contributed by atoms with Crippen molar-refractivity contribution in [1.82, 2.24) is 0 Å². The number of aliphatic hydroxyl groups is 1. The van der Waals surface area contributed by atoms with Gasteiger partial charge in [-0.3, -0.25) is 4.79 Å². The van der Waals surface area contributed by atoms with Crippen molar-refractivity contribution in [2.24, 2.45) is 0 Å². The number of ether oxygens (including phenoxy) is 3. The average Bonchev–Trinajstić information content (AvgIpc) is 3.07. The molecule has 0 radical (unpaired) electrons. The van der Waals surface area contributed by atoms with Crippen molar-refractivity contribution in [3.8, 4) is 0 Å². The van der Waals surface area contributed by atoms with Gasteiger partial charge in [0, 0.05) is 6.42 Å². The lowest BCUT2D eigenvalue weighted by atomic mass is 9.75. The van der Waals surface area contributed by atoms with Gasteiger partial charge in [0.25, 0.3) is 0 Å². The minimum Gasteiger partial charge on any atom is -0.465 e. The summed E-state index contributed by atoms with van der Waals surface area (Å²) >= 11 is 0. The maximum atomic E-state index is 12.7. The Kier molecular flexibility index (Phi) is 6.16. The number of benzene rings is 1. The zero-order valence-corrected chi connectivity index (χ0v) is 14.1. The van der Waals surface area contributed by atoms with Crippen molar-refractivity contribution >= 4 is 5.97 Å². The summed E-state index contributed by atoms with van der Waals surface area (Å²) in [5, 5.41) is 10.3. The summed E-state index contributed by atoms with van der Waals surface area (Å²) in [5.74, 6) is -0.324. The Bertz CT molecular complexity index is 524. The van der Waals surface area contributed by atoms with Gasteiger partial charge in [-0.15, -0.1) is 0 Å². The molecule has 0 aliphatic carbocycles. The van der Waals surface area contributed by atoms with Crippen LogP contribution in [0.25, 0.3) is 0 Å². The predicted octanol–water partition coefficient (Wildman–Crippen LogP) is 2.71. The van der Waals surface area contributed by atoms with Crippen LogP contribution in [0.3, 0.4) is 0 Å². The van der Waals surface area contributed by atoms with Gasteiger partial charge in [0.15, 0.2) is 6.29 Å². The first-order valence-corrected chi connectivity index (χ1v) is 8.20. The van der Waals surface area contributed by atoms with Gasteiger partial charge < -0.3 is 19.3 Å². The summed E-state index contributed by atoms with van der Waals surface area (Å²) in [4.78, 5) is 12.7. The quantitative estimate of drug-likeness (QED) is 0.782. The molecule has 2 rings (SSSR count). The van der Waals surface area contributed by atoms with Crippen molar-refractivity contribution in [3.05, 3.63) is 35.4 Å². The Morgan fingerprint density at radius 2 is 2.00 bits per heavy atom. The van der Waals surface area contributed by atoms with Crippen LogP contribution in [0.4, 0.5) is 0 Å². The second-order valence-electron chi connectivity index (χ2n) is 5.94. The van der Waals surface area contributed by atoms with Gasteiger partial charge in [0.1, 0.15) is 0 Å². The molecular formula is C18H26O5. The molecule has 1 saturated heterocycles. The lowest BCUT2D eigenvalue weighted by molar-refractivity contribution is -0.154. The number of hydrogen-bond donors (Lipinski definition) is 1. The summed E-state index contributed by atoms with van der Waals surface area (Å²) < 4.78 is 16.4. The van der Waals surface area contributed by atoms with E-state index >= 15 is 0 Å². The fourth-order valence-corrected chi connectivity index (χ4v) is 2.96. The third-order valence-corrected chi connectivity index (χ3v) is 4.29. The second-order valence-corrected chi connectivity index (χ2v) is 5.94. The lowest BCUT2D eigenvalue weighted by Gasteiger charge is -2.32. The molecule has 2 atom stereocenters. The Hall–Kier alpha value is -1.43. The van der Waals surface area contributed by atoms with Crippen molar-refractivity contribution in [2.45, 2.75) is 51.4 Å². The van der Waals surface area contributed by atoms with Crippen molar-refractivity contribution < 1.29 is 24.1 Å². The summed E-state index contributed by atoms with van der Waals surface area (Å²) in [7, 11) is 0. The van der Waals surface area contributed by atoms with Gasteiger partial charge in [-0.2, -0.15) is 0 Å². The highest BCUT2D eigenvalue weighted by Gasteiger charge is 2.42. The maximum Gasteiger partial charge on any atom is 0.316 e. The van der Waals surface area contributed by atoms with E-state index in [2.05, 4.69) is 0 Å². The molecule has 0 saturated carbocycles. The monoisotopic (exact) mass is 322 g/mol. The maximum absolute atomic E-state index is 12.7. The minimum atomic E-state index is -0.933. The van der Waals surface area contributed by atoms with Crippen LogP contribution < -0.4 is 0 Å². The normalized spacial score (nSPS) is 19.3. The van der Waals surface area contributed by atoms with Crippen LogP contribution in [0.15, 0.2) is 24.3 Å². The Labute approximate surface area is 137 Å². The number of hydrogen-bond acceptors (Lipinski definition) is 5. The molecule has 0 amide bonds. The highest BCUT2D eigenvalue weighted by atomic mass is 16.7. The summed E-state index contributed by atoms with van der Waals surface area (Å²) in [6, 6.07) is 7.47. The molecule has 1 aliphatic rings. The molecule has 1 aromatic rings. The van der Waals surface area contributed by atoms with E-state index in [9.17, 15) is 9.90 Å². The zero-order chi connectivity index (χ0) is 16.9. The number of carbonyl (C=O) groups is 1. The van der Waals surface area contributed by atoms with E-state index in [4.69, 9.17) is 14.2 Å². The van der Waals surface area contributed by atoms with E-state index in [0.29, 0.717) is 32.7 Å².